The second-order valence-electron chi connectivity index (χ2n) is 4.57. The van der Waals surface area contributed by atoms with Crippen molar-refractivity contribution in [1.82, 2.24) is 4.90 Å². The number of nitro benzene ring substituents is 1. The number of aryl methyl sites for hydroxylation is 1. The van der Waals surface area contributed by atoms with Gasteiger partial charge < -0.3 is 4.90 Å². The molecule has 2 rings (SSSR count). The van der Waals surface area contributed by atoms with E-state index in [1.54, 1.807) is 12.1 Å². The summed E-state index contributed by atoms with van der Waals surface area (Å²) in [6.07, 6.45) is 3.03. The number of likely N-dealkylation sites (N-methyl/N-ethyl adjacent to an activating group) is 1. The van der Waals surface area contributed by atoms with Crippen LogP contribution < -0.4 is 0 Å². The zero-order valence-corrected chi connectivity index (χ0v) is 9.64. The van der Waals surface area contributed by atoms with Crippen LogP contribution in [-0.4, -0.2) is 30.0 Å². The summed E-state index contributed by atoms with van der Waals surface area (Å²) in [6.45, 7) is 0. The second kappa shape index (κ2) is 4.22. The first kappa shape index (κ1) is 11.1. The molecule has 1 aliphatic rings. The molecule has 0 bridgehead atoms. The summed E-state index contributed by atoms with van der Waals surface area (Å²) in [5.41, 5.74) is 2.62. The highest BCUT2D eigenvalue weighted by Crippen LogP contribution is 2.26. The Hall–Kier alpha value is -1.42. The van der Waals surface area contributed by atoms with Crippen molar-refractivity contribution in [2.24, 2.45) is 0 Å². The Kier molecular flexibility index (Phi) is 2.92. The third kappa shape index (κ3) is 2.07. The average molecular weight is 220 g/mol. The van der Waals surface area contributed by atoms with E-state index in [4.69, 9.17) is 0 Å². The Balaban J connectivity index is 2.25. The number of non-ortho nitro benzene ring substituents is 1. The number of nitro groups is 1. The maximum Gasteiger partial charge on any atom is 0.269 e. The molecule has 0 aromatic heterocycles. The summed E-state index contributed by atoms with van der Waals surface area (Å²) < 4.78 is 0. The van der Waals surface area contributed by atoms with Crippen LogP contribution >= 0.6 is 0 Å². The molecule has 0 heterocycles. The molecule has 1 atom stereocenters. The standard InChI is InChI=1S/C12H16N2O2/c1-13(2)11-5-3-10-8-12(14(15)16)6-4-9(10)7-11/h4,6,8,11H,3,5,7H2,1-2H3. The molecular weight excluding hydrogens is 204 g/mol. The van der Waals surface area contributed by atoms with Crippen LogP contribution in [0.3, 0.4) is 0 Å². The molecular formula is C12H16N2O2. The summed E-state index contributed by atoms with van der Waals surface area (Å²) in [5, 5.41) is 10.7. The van der Waals surface area contributed by atoms with Gasteiger partial charge in [-0.3, -0.25) is 10.1 Å². The number of nitrogens with zero attached hydrogens (tertiary/aromatic N) is 2. The lowest BCUT2D eigenvalue weighted by atomic mass is 9.87. The van der Waals surface area contributed by atoms with Gasteiger partial charge in [0.15, 0.2) is 0 Å². The molecule has 4 heteroatoms. The molecule has 0 saturated heterocycles. The van der Waals surface area contributed by atoms with Crippen molar-refractivity contribution >= 4 is 5.69 Å². The predicted molar refractivity (Wildman–Crippen MR) is 62.6 cm³/mol. The van der Waals surface area contributed by atoms with E-state index in [2.05, 4.69) is 19.0 Å². The van der Waals surface area contributed by atoms with Crippen LogP contribution in [0.2, 0.25) is 0 Å². The van der Waals surface area contributed by atoms with Gasteiger partial charge in [0.2, 0.25) is 0 Å². The molecule has 4 nitrogen and oxygen atoms in total. The fourth-order valence-electron chi connectivity index (χ4n) is 2.28. The van der Waals surface area contributed by atoms with Crippen LogP contribution in [0, 0.1) is 10.1 Å². The molecule has 1 aliphatic carbocycles. The van der Waals surface area contributed by atoms with Gasteiger partial charge in [-0.05, 0) is 44.5 Å². The van der Waals surface area contributed by atoms with Crippen LogP contribution in [0.25, 0.3) is 0 Å². The molecule has 0 radical (unpaired) electrons. The fraction of sp³-hybridized carbons (Fsp3) is 0.500. The first-order valence-corrected chi connectivity index (χ1v) is 5.50. The highest BCUT2D eigenvalue weighted by Gasteiger charge is 2.21. The van der Waals surface area contributed by atoms with Gasteiger partial charge in [0.25, 0.3) is 5.69 Å². The lowest BCUT2D eigenvalue weighted by Gasteiger charge is -2.29. The maximum absolute atomic E-state index is 10.7. The van der Waals surface area contributed by atoms with Gasteiger partial charge in [0, 0.05) is 18.2 Å². The highest BCUT2D eigenvalue weighted by molar-refractivity contribution is 5.41. The molecule has 1 aromatic rings. The van der Waals surface area contributed by atoms with Crippen molar-refractivity contribution in [2.45, 2.75) is 25.3 Å². The summed E-state index contributed by atoms with van der Waals surface area (Å²) in [5.74, 6) is 0. The van der Waals surface area contributed by atoms with Gasteiger partial charge in [-0.15, -0.1) is 0 Å². The fourth-order valence-corrected chi connectivity index (χ4v) is 2.28. The van der Waals surface area contributed by atoms with Gasteiger partial charge in [-0.1, -0.05) is 6.07 Å². The van der Waals surface area contributed by atoms with Crippen LogP contribution in [-0.2, 0) is 12.8 Å². The SMILES string of the molecule is CN(C)C1CCc2cc([N+](=O)[O-])ccc2C1. The number of hydrogen-bond acceptors (Lipinski definition) is 3. The molecule has 0 N–H and O–H groups in total. The zero-order valence-electron chi connectivity index (χ0n) is 9.64. The van der Waals surface area contributed by atoms with Crippen LogP contribution in [0.4, 0.5) is 5.69 Å². The molecule has 0 fully saturated rings. The second-order valence-corrected chi connectivity index (χ2v) is 4.57. The van der Waals surface area contributed by atoms with Crippen molar-refractivity contribution in [1.29, 1.82) is 0 Å². The number of benzene rings is 1. The summed E-state index contributed by atoms with van der Waals surface area (Å²) in [4.78, 5) is 12.6. The van der Waals surface area contributed by atoms with Crippen LogP contribution in [0.5, 0.6) is 0 Å². The van der Waals surface area contributed by atoms with Crippen molar-refractivity contribution < 1.29 is 4.92 Å². The molecule has 16 heavy (non-hydrogen) atoms. The Labute approximate surface area is 95.0 Å². The number of rotatable bonds is 2. The lowest BCUT2D eigenvalue weighted by Crippen LogP contribution is -2.33. The first-order valence-electron chi connectivity index (χ1n) is 5.50. The molecule has 0 amide bonds. The minimum atomic E-state index is -0.321. The Morgan fingerprint density at radius 1 is 1.38 bits per heavy atom. The van der Waals surface area contributed by atoms with E-state index in [9.17, 15) is 10.1 Å². The van der Waals surface area contributed by atoms with Gasteiger partial charge in [0.05, 0.1) is 4.92 Å². The zero-order chi connectivity index (χ0) is 11.7. The van der Waals surface area contributed by atoms with E-state index in [-0.39, 0.29) is 10.6 Å². The topological polar surface area (TPSA) is 46.4 Å². The summed E-state index contributed by atoms with van der Waals surface area (Å²) >= 11 is 0. The average Bonchev–Trinajstić information content (AvgIpc) is 2.27. The first-order chi connectivity index (χ1) is 7.58. The third-order valence-corrected chi connectivity index (χ3v) is 3.33. The van der Waals surface area contributed by atoms with E-state index >= 15 is 0 Å². The van der Waals surface area contributed by atoms with Gasteiger partial charge in [-0.25, -0.2) is 0 Å². The minimum Gasteiger partial charge on any atom is -0.306 e. The lowest BCUT2D eigenvalue weighted by molar-refractivity contribution is -0.384. The van der Waals surface area contributed by atoms with E-state index < -0.39 is 0 Å². The quantitative estimate of drug-likeness (QED) is 0.565. The summed E-state index contributed by atoms with van der Waals surface area (Å²) in [6, 6.07) is 5.80. The van der Waals surface area contributed by atoms with Gasteiger partial charge in [-0.2, -0.15) is 0 Å². The maximum atomic E-state index is 10.7. The monoisotopic (exact) mass is 220 g/mol. The van der Waals surface area contributed by atoms with E-state index in [1.807, 2.05) is 6.07 Å². The molecule has 86 valence electrons. The Bertz CT molecular complexity index is 415. The van der Waals surface area contributed by atoms with Crippen molar-refractivity contribution in [3.63, 3.8) is 0 Å². The third-order valence-electron chi connectivity index (χ3n) is 3.33. The normalized spacial score (nSPS) is 19.6. The van der Waals surface area contributed by atoms with E-state index in [0.29, 0.717) is 6.04 Å². The number of hydrogen-bond donors (Lipinski definition) is 0. The van der Waals surface area contributed by atoms with Gasteiger partial charge >= 0.3 is 0 Å². The smallest absolute Gasteiger partial charge is 0.269 e. The van der Waals surface area contributed by atoms with Crippen molar-refractivity contribution in [3.05, 3.63) is 39.4 Å². The van der Waals surface area contributed by atoms with Gasteiger partial charge in [0.1, 0.15) is 0 Å². The van der Waals surface area contributed by atoms with E-state index in [0.717, 1.165) is 24.8 Å². The molecule has 0 spiro atoms. The summed E-state index contributed by atoms with van der Waals surface area (Å²) in [7, 11) is 4.17. The van der Waals surface area contributed by atoms with Crippen LogP contribution in [0.1, 0.15) is 17.5 Å². The van der Waals surface area contributed by atoms with Crippen molar-refractivity contribution in [3.8, 4) is 0 Å². The Morgan fingerprint density at radius 3 is 2.75 bits per heavy atom. The molecule has 1 unspecified atom stereocenters. The number of fused-ring (bicyclic) bond motifs is 1. The van der Waals surface area contributed by atoms with Crippen LogP contribution in [0.15, 0.2) is 18.2 Å². The largest absolute Gasteiger partial charge is 0.306 e. The Morgan fingerprint density at radius 2 is 2.12 bits per heavy atom. The predicted octanol–water partition coefficient (Wildman–Crippen LogP) is 2.01. The minimum absolute atomic E-state index is 0.210. The molecule has 0 saturated carbocycles. The molecule has 0 aliphatic heterocycles. The van der Waals surface area contributed by atoms with E-state index in [1.165, 1.54) is 5.56 Å². The highest BCUT2D eigenvalue weighted by atomic mass is 16.6. The molecule has 1 aromatic carbocycles. The van der Waals surface area contributed by atoms with Crippen molar-refractivity contribution in [2.75, 3.05) is 14.1 Å².